The summed E-state index contributed by atoms with van der Waals surface area (Å²) in [6, 6.07) is 1.12. The molecule has 0 saturated heterocycles. The first kappa shape index (κ1) is 12.5. The number of aryl methyl sites for hydroxylation is 1. The van der Waals surface area contributed by atoms with Crippen LogP contribution in [0.2, 0.25) is 0 Å². The van der Waals surface area contributed by atoms with Crippen molar-refractivity contribution in [1.29, 1.82) is 0 Å². The Labute approximate surface area is 96.8 Å². The van der Waals surface area contributed by atoms with Crippen molar-refractivity contribution in [1.82, 2.24) is 4.98 Å². The van der Waals surface area contributed by atoms with Gasteiger partial charge in [-0.3, -0.25) is 4.98 Å². The fourth-order valence-electron chi connectivity index (χ4n) is 0.935. The van der Waals surface area contributed by atoms with Crippen molar-refractivity contribution in [2.75, 3.05) is 0 Å². The number of pyridine rings is 1. The Bertz CT molecular complexity index is 366. The zero-order valence-electron chi connectivity index (χ0n) is 7.53. The minimum atomic E-state index is -4.76. The van der Waals surface area contributed by atoms with Gasteiger partial charge in [0, 0.05) is 3.57 Å². The van der Waals surface area contributed by atoms with E-state index in [1.165, 1.54) is 6.92 Å². The van der Waals surface area contributed by atoms with E-state index in [1.54, 1.807) is 22.6 Å². The van der Waals surface area contributed by atoms with Crippen LogP contribution >= 0.6 is 22.6 Å². The standard InChI is InChI=1S/C8H6F4INO/c1-4-7(15-8(10,11)12)2-5(13)6(3-9)14-4/h2H,3H2,1H3. The predicted molar refractivity (Wildman–Crippen MR) is 53.2 cm³/mol. The van der Waals surface area contributed by atoms with Crippen LogP contribution < -0.4 is 4.74 Å². The van der Waals surface area contributed by atoms with Crippen LogP contribution in [0.3, 0.4) is 0 Å². The summed E-state index contributed by atoms with van der Waals surface area (Å²) in [5.74, 6) is -0.399. The molecule has 1 rings (SSSR count). The van der Waals surface area contributed by atoms with E-state index in [1.807, 2.05) is 0 Å². The van der Waals surface area contributed by atoms with Crippen molar-refractivity contribution < 1.29 is 22.3 Å². The van der Waals surface area contributed by atoms with Crippen molar-refractivity contribution >= 4 is 22.6 Å². The molecule has 0 N–H and O–H groups in total. The molecular weight excluding hydrogens is 329 g/mol. The third kappa shape index (κ3) is 3.47. The number of rotatable bonds is 2. The minimum Gasteiger partial charge on any atom is -0.404 e. The van der Waals surface area contributed by atoms with E-state index in [0.29, 0.717) is 3.57 Å². The molecule has 2 nitrogen and oxygen atoms in total. The number of aromatic nitrogens is 1. The van der Waals surface area contributed by atoms with Crippen LogP contribution in [0.25, 0.3) is 0 Å². The van der Waals surface area contributed by atoms with Crippen molar-refractivity contribution in [2.45, 2.75) is 20.0 Å². The van der Waals surface area contributed by atoms with Crippen LogP contribution in [-0.2, 0) is 6.67 Å². The molecule has 0 fully saturated rings. The molecule has 1 aromatic heterocycles. The van der Waals surface area contributed by atoms with Gasteiger partial charge in [-0.1, -0.05) is 0 Å². The van der Waals surface area contributed by atoms with Gasteiger partial charge in [0.1, 0.15) is 6.67 Å². The lowest BCUT2D eigenvalue weighted by Gasteiger charge is -2.12. The maximum Gasteiger partial charge on any atom is 0.573 e. The Balaban J connectivity index is 3.05. The lowest BCUT2D eigenvalue weighted by molar-refractivity contribution is -0.275. The van der Waals surface area contributed by atoms with Gasteiger partial charge in [0.05, 0.1) is 11.4 Å². The fraction of sp³-hybridized carbons (Fsp3) is 0.375. The largest absolute Gasteiger partial charge is 0.573 e. The molecule has 0 radical (unpaired) electrons. The number of alkyl halides is 4. The third-order valence-electron chi connectivity index (χ3n) is 1.55. The normalized spacial score (nSPS) is 11.6. The smallest absolute Gasteiger partial charge is 0.404 e. The number of nitrogens with zero attached hydrogens (tertiary/aromatic N) is 1. The molecule has 1 heterocycles. The summed E-state index contributed by atoms with van der Waals surface area (Å²) in [5.41, 5.74) is 0.128. The van der Waals surface area contributed by atoms with Crippen molar-refractivity contribution in [2.24, 2.45) is 0 Å². The van der Waals surface area contributed by atoms with Crippen LogP contribution in [0.4, 0.5) is 17.6 Å². The lowest BCUT2D eigenvalue weighted by atomic mass is 10.3. The molecule has 0 amide bonds. The summed E-state index contributed by atoms with van der Waals surface area (Å²) < 4.78 is 52.1. The summed E-state index contributed by atoms with van der Waals surface area (Å²) in [6.07, 6.45) is -4.76. The molecule has 15 heavy (non-hydrogen) atoms. The number of ether oxygens (including phenoxy) is 1. The van der Waals surface area contributed by atoms with Gasteiger partial charge in [-0.2, -0.15) is 0 Å². The maximum absolute atomic E-state index is 12.3. The highest BCUT2D eigenvalue weighted by Gasteiger charge is 2.32. The van der Waals surface area contributed by atoms with Gasteiger partial charge < -0.3 is 4.74 Å². The van der Waals surface area contributed by atoms with Gasteiger partial charge in [-0.15, -0.1) is 13.2 Å². The van der Waals surface area contributed by atoms with Crippen molar-refractivity contribution in [3.8, 4) is 5.75 Å². The van der Waals surface area contributed by atoms with E-state index >= 15 is 0 Å². The Morgan fingerprint density at radius 1 is 1.47 bits per heavy atom. The molecule has 0 spiro atoms. The maximum atomic E-state index is 12.3. The van der Waals surface area contributed by atoms with Crippen LogP contribution in [-0.4, -0.2) is 11.3 Å². The van der Waals surface area contributed by atoms with E-state index in [9.17, 15) is 17.6 Å². The minimum absolute atomic E-state index is 0.0143. The van der Waals surface area contributed by atoms with Crippen LogP contribution in [0, 0.1) is 10.5 Å². The van der Waals surface area contributed by atoms with E-state index in [2.05, 4.69) is 9.72 Å². The van der Waals surface area contributed by atoms with Gasteiger partial charge in [0.25, 0.3) is 0 Å². The first-order valence-electron chi connectivity index (χ1n) is 3.81. The topological polar surface area (TPSA) is 22.1 Å². The second-order valence-corrected chi connectivity index (χ2v) is 3.84. The van der Waals surface area contributed by atoms with Gasteiger partial charge in [-0.25, -0.2) is 4.39 Å². The summed E-state index contributed by atoms with van der Waals surface area (Å²) in [7, 11) is 0. The molecule has 0 bridgehead atoms. The average molecular weight is 335 g/mol. The molecule has 0 atom stereocenters. The molecule has 0 saturated carbocycles. The molecule has 0 aromatic carbocycles. The Kier molecular flexibility index (Phi) is 3.74. The first-order valence-corrected chi connectivity index (χ1v) is 4.89. The summed E-state index contributed by atoms with van der Waals surface area (Å²) in [5, 5.41) is 0. The molecule has 7 heteroatoms. The van der Waals surface area contributed by atoms with Crippen molar-refractivity contribution in [3.05, 3.63) is 21.0 Å². The quantitative estimate of drug-likeness (QED) is 0.611. The molecule has 0 aliphatic carbocycles. The van der Waals surface area contributed by atoms with Gasteiger partial charge in [0.2, 0.25) is 0 Å². The van der Waals surface area contributed by atoms with E-state index in [0.717, 1.165) is 6.07 Å². The summed E-state index contributed by atoms with van der Waals surface area (Å²) in [4.78, 5) is 3.67. The number of hydrogen-bond acceptors (Lipinski definition) is 2. The Hall–Kier alpha value is -0.600. The Morgan fingerprint density at radius 2 is 2.07 bits per heavy atom. The highest BCUT2D eigenvalue weighted by Crippen LogP contribution is 2.27. The van der Waals surface area contributed by atoms with Crippen LogP contribution in [0.5, 0.6) is 5.75 Å². The molecular formula is C8H6F4INO. The van der Waals surface area contributed by atoms with Crippen LogP contribution in [0.15, 0.2) is 6.07 Å². The van der Waals surface area contributed by atoms with Gasteiger partial charge in [-0.05, 0) is 35.6 Å². The van der Waals surface area contributed by atoms with Crippen molar-refractivity contribution in [3.63, 3.8) is 0 Å². The summed E-state index contributed by atoms with van der Waals surface area (Å²) >= 11 is 1.70. The van der Waals surface area contributed by atoms with E-state index in [4.69, 9.17) is 0 Å². The third-order valence-corrected chi connectivity index (χ3v) is 2.48. The fourth-order valence-corrected chi connectivity index (χ4v) is 1.48. The molecule has 84 valence electrons. The van der Waals surface area contributed by atoms with E-state index < -0.39 is 18.8 Å². The lowest BCUT2D eigenvalue weighted by Crippen LogP contribution is -2.18. The Morgan fingerprint density at radius 3 is 2.53 bits per heavy atom. The second kappa shape index (κ2) is 4.50. The second-order valence-electron chi connectivity index (χ2n) is 2.68. The van der Waals surface area contributed by atoms with Crippen LogP contribution in [0.1, 0.15) is 11.4 Å². The zero-order chi connectivity index (χ0) is 11.6. The average Bonchev–Trinajstić information content (AvgIpc) is 2.08. The predicted octanol–water partition coefficient (Wildman–Crippen LogP) is 3.36. The molecule has 0 aliphatic rings. The molecule has 0 unspecified atom stereocenters. The first-order chi connectivity index (χ1) is 6.83. The number of hydrogen-bond donors (Lipinski definition) is 0. The van der Waals surface area contributed by atoms with Gasteiger partial charge >= 0.3 is 6.36 Å². The monoisotopic (exact) mass is 335 g/mol. The van der Waals surface area contributed by atoms with E-state index in [-0.39, 0.29) is 11.4 Å². The number of halogens is 5. The highest BCUT2D eigenvalue weighted by atomic mass is 127. The molecule has 1 aromatic rings. The van der Waals surface area contributed by atoms with Gasteiger partial charge in [0.15, 0.2) is 5.75 Å². The highest BCUT2D eigenvalue weighted by molar-refractivity contribution is 14.1. The SMILES string of the molecule is Cc1nc(CF)c(I)cc1OC(F)(F)F. The summed E-state index contributed by atoms with van der Waals surface area (Å²) in [6.45, 7) is 0.516. The molecule has 0 aliphatic heterocycles. The zero-order valence-corrected chi connectivity index (χ0v) is 9.69.